The van der Waals surface area contributed by atoms with Gasteiger partial charge in [0.1, 0.15) is 30.6 Å². The number of aliphatic hydroxyl groups excluding tert-OH is 2. The number of carbonyl (C=O) groups excluding carboxylic acids is 3. The van der Waals surface area contributed by atoms with Crippen molar-refractivity contribution in [2.24, 2.45) is 5.92 Å². The number of thioether (sulfide) groups is 1. The second-order valence-corrected chi connectivity index (χ2v) is 14.0. The highest BCUT2D eigenvalue weighted by molar-refractivity contribution is 8.00. The van der Waals surface area contributed by atoms with E-state index in [0.717, 1.165) is 5.56 Å². The summed E-state index contributed by atoms with van der Waals surface area (Å²) < 4.78 is 5.05. The van der Waals surface area contributed by atoms with E-state index in [9.17, 15) is 24.6 Å². The van der Waals surface area contributed by atoms with Crippen LogP contribution in [0.5, 0.6) is 5.75 Å². The van der Waals surface area contributed by atoms with Crippen LogP contribution in [0.25, 0.3) is 0 Å². The number of aliphatic hydroxyl groups is 2. The Labute approximate surface area is 246 Å². The van der Waals surface area contributed by atoms with Crippen molar-refractivity contribution in [2.75, 3.05) is 12.5 Å². The molecule has 0 saturated carbocycles. The Morgan fingerprint density at radius 3 is 2.44 bits per heavy atom. The summed E-state index contributed by atoms with van der Waals surface area (Å²) in [6.07, 6.45) is -2.31. The molecule has 4 N–H and O–H groups in total. The predicted octanol–water partition coefficient (Wildman–Crippen LogP) is 2.80. The monoisotopic (exact) mass is 583 g/mol. The summed E-state index contributed by atoms with van der Waals surface area (Å²) in [7, 11) is 0. The highest BCUT2D eigenvalue weighted by atomic mass is 32.2. The number of carbonyl (C=O) groups is 3. The molecule has 5 atom stereocenters. The van der Waals surface area contributed by atoms with E-state index in [1.807, 2.05) is 77.1 Å². The molecule has 2 aliphatic rings. The van der Waals surface area contributed by atoms with Gasteiger partial charge in [0, 0.05) is 21.8 Å². The number of ether oxygens (including phenoxy) is 1. The number of fused-ring (bicyclic) bond motifs is 1. The lowest BCUT2D eigenvalue weighted by Gasteiger charge is -2.34. The van der Waals surface area contributed by atoms with Gasteiger partial charge in [-0.15, -0.1) is 11.8 Å². The SMILES string of the molecule is CC(C)(C)NC(=O)[C@H]1N(C(=O)[C@@H](O)C[C@@H](Cc2ccccc2)C(=O)N[C@H]2c3ccccc3OC[C@H]2O)CSC1(C)C. The van der Waals surface area contributed by atoms with Gasteiger partial charge in [0.2, 0.25) is 11.8 Å². The van der Waals surface area contributed by atoms with Crippen molar-refractivity contribution in [3.05, 3.63) is 65.7 Å². The minimum atomic E-state index is -1.50. The van der Waals surface area contributed by atoms with E-state index in [4.69, 9.17) is 4.74 Å². The van der Waals surface area contributed by atoms with Crippen LogP contribution in [-0.4, -0.2) is 73.9 Å². The number of rotatable bonds is 8. The Morgan fingerprint density at radius 2 is 1.76 bits per heavy atom. The second-order valence-electron chi connectivity index (χ2n) is 12.4. The van der Waals surface area contributed by atoms with Crippen LogP contribution in [0.4, 0.5) is 0 Å². The smallest absolute Gasteiger partial charge is 0.252 e. The topological polar surface area (TPSA) is 128 Å². The fourth-order valence-electron chi connectivity index (χ4n) is 5.39. The molecule has 1 fully saturated rings. The molecule has 0 spiro atoms. The zero-order valence-electron chi connectivity index (χ0n) is 24.3. The third-order valence-electron chi connectivity index (χ3n) is 7.41. The first-order chi connectivity index (χ1) is 19.3. The van der Waals surface area contributed by atoms with Crippen LogP contribution in [0.2, 0.25) is 0 Å². The summed E-state index contributed by atoms with van der Waals surface area (Å²) in [5, 5.41) is 27.8. The van der Waals surface area contributed by atoms with Crippen molar-refractivity contribution < 1.29 is 29.3 Å². The first-order valence-corrected chi connectivity index (χ1v) is 14.9. The van der Waals surface area contributed by atoms with Gasteiger partial charge in [0.15, 0.2) is 0 Å². The van der Waals surface area contributed by atoms with Crippen molar-refractivity contribution in [3.63, 3.8) is 0 Å². The van der Waals surface area contributed by atoms with Crippen LogP contribution in [-0.2, 0) is 20.8 Å². The molecule has 0 aromatic heterocycles. The van der Waals surface area contributed by atoms with Crippen molar-refractivity contribution in [2.45, 2.75) is 82.0 Å². The van der Waals surface area contributed by atoms with Crippen LogP contribution >= 0.6 is 11.8 Å². The lowest BCUT2D eigenvalue weighted by atomic mass is 9.90. The molecule has 0 bridgehead atoms. The Bertz CT molecular complexity index is 1250. The van der Waals surface area contributed by atoms with Gasteiger partial charge < -0.3 is 30.5 Å². The number of nitrogens with one attached hydrogen (secondary N) is 2. The van der Waals surface area contributed by atoms with Gasteiger partial charge in [0.05, 0.1) is 11.9 Å². The van der Waals surface area contributed by atoms with E-state index in [1.54, 1.807) is 12.1 Å². The highest BCUT2D eigenvalue weighted by Crippen LogP contribution is 2.40. The lowest BCUT2D eigenvalue weighted by molar-refractivity contribution is -0.147. The molecule has 3 amide bonds. The lowest BCUT2D eigenvalue weighted by Crippen LogP contribution is -2.58. The van der Waals surface area contributed by atoms with Gasteiger partial charge in [-0.25, -0.2) is 0 Å². The van der Waals surface area contributed by atoms with Crippen LogP contribution in [0.3, 0.4) is 0 Å². The highest BCUT2D eigenvalue weighted by Gasteiger charge is 2.49. The maximum atomic E-state index is 13.7. The number of hydrogen-bond acceptors (Lipinski definition) is 7. The van der Waals surface area contributed by atoms with Crippen molar-refractivity contribution >= 4 is 29.5 Å². The Hall–Kier alpha value is -3.08. The molecule has 0 aliphatic carbocycles. The van der Waals surface area contributed by atoms with E-state index in [1.165, 1.54) is 16.7 Å². The van der Waals surface area contributed by atoms with E-state index in [0.29, 0.717) is 11.3 Å². The third kappa shape index (κ3) is 7.42. The molecular formula is C31H41N3O6S. The fourth-order valence-corrected chi connectivity index (χ4v) is 6.53. The van der Waals surface area contributed by atoms with Gasteiger partial charge in [-0.2, -0.15) is 0 Å². The van der Waals surface area contributed by atoms with Crippen molar-refractivity contribution in [1.29, 1.82) is 0 Å². The number of benzene rings is 2. The summed E-state index contributed by atoms with van der Waals surface area (Å²) in [4.78, 5) is 42.0. The average Bonchev–Trinajstić information content (AvgIpc) is 3.23. The quantitative estimate of drug-likeness (QED) is 0.376. The molecule has 2 aliphatic heterocycles. The normalized spacial score (nSPS) is 23.1. The first kappa shape index (κ1) is 30.9. The predicted molar refractivity (Wildman–Crippen MR) is 158 cm³/mol. The van der Waals surface area contributed by atoms with Crippen LogP contribution < -0.4 is 15.4 Å². The van der Waals surface area contributed by atoms with Crippen molar-refractivity contribution in [1.82, 2.24) is 15.5 Å². The summed E-state index contributed by atoms with van der Waals surface area (Å²) in [6, 6.07) is 15.1. The van der Waals surface area contributed by atoms with Gasteiger partial charge >= 0.3 is 0 Å². The molecule has 2 heterocycles. The summed E-state index contributed by atoms with van der Waals surface area (Å²) in [5.41, 5.74) is 1.05. The minimum absolute atomic E-state index is 0.0346. The minimum Gasteiger partial charge on any atom is -0.490 e. The Kier molecular flexibility index (Phi) is 9.35. The van der Waals surface area contributed by atoms with Gasteiger partial charge in [-0.3, -0.25) is 14.4 Å². The molecule has 4 rings (SSSR count). The number of hydrogen-bond donors (Lipinski definition) is 4. The molecule has 222 valence electrons. The first-order valence-electron chi connectivity index (χ1n) is 14.0. The number of amides is 3. The van der Waals surface area contributed by atoms with Crippen LogP contribution in [0.15, 0.2) is 54.6 Å². The maximum Gasteiger partial charge on any atom is 0.252 e. The number of para-hydroxylation sites is 1. The Morgan fingerprint density at radius 1 is 1.10 bits per heavy atom. The van der Waals surface area contributed by atoms with Gasteiger partial charge in [0.25, 0.3) is 5.91 Å². The van der Waals surface area contributed by atoms with Crippen LogP contribution in [0, 0.1) is 5.92 Å². The van der Waals surface area contributed by atoms with E-state index in [2.05, 4.69) is 10.6 Å². The standard InChI is InChI=1S/C31H41N3O6S/c1-30(2,3)33-28(38)26-31(4,5)41-18-34(26)29(39)22(35)16-20(15-19-11-7-6-8-12-19)27(37)32-25-21-13-9-10-14-24(21)40-17-23(25)36/h6-14,20,22-23,25-26,35-36H,15-18H2,1-5H3,(H,32,37)(H,33,38)/t20-,22+,23-,25+,26-/m1/s1. The summed E-state index contributed by atoms with van der Waals surface area (Å²) in [6.45, 7) is 9.48. The number of nitrogens with zero attached hydrogens (tertiary/aromatic N) is 1. The van der Waals surface area contributed by atoms with Gasteiger partial charge in [-0.05, 0) is 59.1 Å². The third-order valence-corrected chi connectivity index (χ3v) is 8.78. The van der Waals surface area contributed by atoms with Crippen LogP contribution in [0.1, 0.15) is 58.2 Å². The molecule has 1 saturated heterocycles. The summed E-state index contributed by atoms with van der Waals surface area (Å²) in [5.74, 6) is -1.18. The van der Waals surface area contributed by atoms with E-state index in [-0.39, 0.29) is 37.1 Å². The molecule has 2 aromatic carbocycles. The van der Waals surface area contributed by atoms with E-state index >= 15 is 0 Å². The Balaban J connectivity index is 1.54. The molecule has 0 unspecified atom stereocenters. The molecule has 10 heteroatoms. The summed E-state index contributed by atoms with van der Waals surface area (Å²) >= 11 is 1.47. The average molecular weight is 584 g/mol. The molecule has 0 radical (unpaired) electrons. The van der Waals surface area contributed by atoms with Crippen molar-refractivity contribution in [3.8, 4) is 5.75 Å². The zero-order valence-corrected chi connectivity index (χ0v) is 25.1. The largest absolute Gasteiger partial charge is 0.490 e. The molecule has 2 aromatic rings. The maximum absolute atomic E-state index is 13.7. The van der Waals surface area contributed by atoms with E-state index < -0.39 is 46.4 Å². The zero-order chi connectivity index (χ0) is 29.9. The molecule has 9 nitrogen and oxygen atoms in total. The molecule has 41 heavy (non-hydrogen) atoms. The fraction of sp³-hybridized carbons (Fsp3) is 0.516. The van der Waals surface area contributed by atoms with Gasteiger partial charge in [-0.1, -0.05) is 48.5 Å². The molecular weight excluding hydrogens is 542 g/mol. The second kappa shape index (κ2) is 12.4.